The fourth-order valence-corrected chi connectivity index (χ4v) is 2.83. The highest BCUT2D eigenvalue weighted by Crippen LogP contribution is 2.23. The van der Waals surface area contributed by atoms with E-state index in [0.29, 0.717) is 22.5 Å². The number of nitrogens with zero attached hydrogens (tertiary/aromatic N) is 2. The highest BCUT2D eigenvalue weighted by molar-refractivity contribution is 6.44. The summed E-state index contributed by atoms with van der Waals surface area (Å²) in [6.45, 7) is 1.76. The summed E-state index contributed by atoms with van der Waals surface area (Å²) in [6, 6.07) is 14.0. The minimum absolute atomic E-state index is 0.177. The predicted octanol–water partition coefficient (Wildman–Crippen LogP) is 2.90. The van der Waals surface area contributed by atoms with Crippen molar-refractivity contribution < 1.29 is 19.1 Å². The molecule has 1 heterocycles. The van der Waals surface area contributed by atoms with E-state index in [2.05, 4.69) is 10.4 Å². The maximum atomic E-state index is 12.7. The van der Waals surface area contributed by atoms with Crippen molar-refractivity contribution in [1.82, 2.24) is 0 Å². The monoisotopic (exact) mass is 365 g/mol. The van der Waals surface area contributed by atoms with Gasteiger partial charge in [-0.2, -0.15) is 5.10 Å². The van der Waals surface area contributed by atoms with E-state index in [1.165, 1.54) is 12.1 Å². The van der Waals surface area contributed by atoms with Crippen molar-refractivity contribution in [3.8, 4) is 0 Å². The third kappa shape index (κ3) is 3.87. The molecule has 0 aliphatic carbocycles. The first-order chi connectivity index (χ1) is 13.0. The lowest BCUT2D eigenvalue weighted by atomic mass is 10.1. The standard InChI is InChI=1S/C20H19N3O4/c1-13-7-6-10-15(18(13)20(26)27-2)21-19(25)16-11-12-17(24)23(22-16)14-8-4-3-5-9-14/h3-10H,11-12H2,1-2H3,(H,21,25). The molecule has 2 amide bonds. The van der Waals surface area contributed by atoms with Gasteiger partial charge < -0.3 is 10.1 Å². The van der Waals surface area contributed by atoms with E-state index in [0.717, 1.165) is 0 Å². The number of anilines is 2. The van der Waals surface area contributed by atoms with E-state index < -0.39 is 11.9 Å². The van der Waals surface area contributed by atoms with Crippen LogP contribution in [0.3, 0.4) is 0 Å². The normalized spacial score (nSPS) is 13.8. The number of carbonyl (C=O) groups is 3. The van der Waals surface area contributed by atoms with Crippen LogP contribution in [0.4, 0.5) is 11.4 Å². The van der Waals surface area contributed by atoms with Crippen molar-refractivity contribution in [1.29, 1.82) is 0 Å². The molecule has 0 fully saturated rings. The molecule has 7 heteroatoms. The first-order valence-corrected chi connectivity index (χ1v) is 8.46. The molecule has 0 aromatic heterocycles. The quantitative estimate of drug-likeness (QED) is 0.844. The molecule has 1 N–H and O–H groups in total. The zero-order valence-electron chi connectivity index (χ0n) is 15.1. The van der Waals surface area contributed by atoms with Gasteiger partial charge in [-0.05, 0) is 30.7 Å². The van der Waals surface area contributed by atoms with Crippen molar-refractivity contribution in [2.24, 2.45) is 5.10 Å². The van der Waals surface area contributed by atoms with Crippen LogP contribution in [0.5, 0.6) is 0 Å². The van der Waals surface area contributed by atoms with E-state index in [1.807, 2.05) is 6.07 Å². The number of amides is 2. The predicted molar refractivity (Wildman–Crippen MR) is 102 cm³/mol. The number of hydrazone groups is 1. The van der Waals surface area contributed by atoms with Gasteiger partial charge in [-0.1, -0.05) is 30.3 Å². The molecular formula is C20H19N3O4. The fourth-order valence-electron chi connectivity index (χ4n) is 2.83. The topological polar surface area (TPSA) is 88.1 Å². The number of hydrogen-bond acceptors (Lipinski definition) is 5. The molecule has 1 aliphatic heterocycles. The SMILES string of the molecule is COC(=O)c1c(C)cccc1NC(=O)C1=NN(c2ccccc2)C(=O)CC1. The number of esters is 1. The van der Waals surface area contributed by atoms with Gasteiger partial charge in [-0.25, -0.2) is 9.80 Å². The molecule has 3 rings (SSSR count). The Hall–Kier alpha value is -3.48. The van der Waals surface area contributed by atoms with Crippen LogP contribution in [0.1, 0.15) is 28.8 Å². The van der Waals surface area contributed by atoms with Crippen LogP contribution >= 0.6 is 0 Å². The van der Waals surface area contributed by atoms with Gasteiger partial charge in [0.2, 0.25) is 5.91 Å². The Bertz CT molecular complexity index is 922. The molecule has 0 radical (unpaired) electrons. The van der Waals surface area contributed by atoms with Gasteiger partial charge in [-0.3, -0.25) is 9.59 Å². The summed E-state index contributed by atoms with van der Waals surface area (Å²) in [4.78, 5) is 36.9. The van der Waals surface area contributed by atoms with Gasteiger partial charge in [0.1, 0.15) is 5.71 Å². The Balaban J connectivity index is 1.88. The van der Waals surface area contributed by atoms with Crippen molar-refractivity contribution in [2.45, 2.75) is 19.8 Å². The first-order valence-electron chi connectivity index (χ1n) is 8.46. The molecule has 0 saturated carbocycles. The van der Waals surface area contributed by atoms with Crippen molar-refractivity contribution in [2.75, 3.05) is 17.4 Å². The Morgan fingerprint density at radius 2 is 1.81 bits per heavy atom. The zero-order chi connectivity index (χ0) is 19.4. The molecule has 0 saturated heterocycles. The number of aryl methyl sites for hydroxylation is 1. The number of benzene rings is 2. The summed E-state index contributed by atoms with van der Waals surface area (Å²) in [5, 5.41) is 8.17. The van der Waals surface area contributed by atoms with E-state index in [9.17, 15) is 14.4 Å². The van der Waals surface area contributed by atoms with E-state index in [-0.39, 0.29) is 24.5 Å². The zero-order valence-corrected chi connectivity index (χ0v) is 15.1. The number of ether oxygens (including phenoxy) is 1. The van der Waals surface area contributed by atoms with Crippen LogP contribution in [0.25, 0.3) is 0 Å². The van der Waals surface area contributed by atoms with Crippen LogP contribution in [0, 0.1) is 6.92 Å². The second kappa shape index (κ2) is 7.82. The van der Waals surface area contributed by atoms with Gasteiger partial charge in [0, 0.05) is 12.8 Å². The highest BCUT2D eigenvalue weighted by atomic mass is 16.5. The minimum atomic E-state index is -0.532. The molecule has 2 aromatic carbocycles. The van der Waals surface area contributed by atoms with Gasteiger partial charge in [0.25, 0.3) is 5.91 Å². The number of hydrogen-bond donors (Lipinski definition) is 1. The molecule has 27 heavy (non-hydrogen) atoms. The Morgan fingerprint density at radius 3 is 2.52 bits per heavy atom. The molecule has 7 nitrogen and oxygen atoms in total. The number of carbonyl (C=O) groups excluding carboxylic acids is 3. The van der Waals surface area contributed by atoms with E-state index in [1.54, 1.807) is 49.4 Å². The average Bonchev–Trinajstić information content (AvgIpc) is 2.68. The maximum absolute atomic E-state index is 12.7. The van der Waals surface area contributed by atoms with Gasteiger partial charge in [0.05, 0.1) is 24.0 Å². The van der Waals surface area contributed by atoms with Crippen LogP contribution in [0.2, 0.25) is 0 Å². The van der Waals surface area contributed by atoms with E-state index in [4.69, 9.17) is 4.74 Å². The summed E-state index contributed by atoms with van der Waals surface area (Å²) >= 11 is 0. The summed E-state index contributed by atoms with van der Waals surface area (Å²) in [6.07, 6.45) is 0.409. The second-order valence-corrected chi connectivity index (χ2v) is 6.03. The summed E-state index contributed by atoms with van der Waals surface area (Å²) in [5.41, 5.74) is 2.14. The number of para-hydroxylation sites is 1. The minimum Gasteiger partial charge on any atom is -0.465 e. The largest absolute Gasteiger partial charge is 0.465 e. The third-order valence-electron chi connectivity index (χ3n) is 4.21. The third-order valence-corrected chi connectivity index (χ3v) is 4.21. The lowest BCUT2D eigenvalue weighted by Crippen LogP contribution is -2.36. The fraction of sp³-hybridized carbons (Fsp3) is 0.200. The molecule has 0 spiro atoms. The Labute approximate surface area is 156 Å². The lowest BCUT2D eigenvalue weighted by molar-refractivity contribution is -0.118. The van der Waals surface area contributed by atoms with Crippen molar-refractivity contribution >= 4 is 34.9 Å². The summed E-state index contributed by atoms with van der Waals surface area (Å²) < 4.78 is 4.80. The number of nitrogens with one attached hydrogen (secondary N) is 1. The first kappa shape index (κ1) is 18.3. The van der Waals surface area contributed by atoms with Crippen LogP contribution in [0.15, 0.2) is 53.6 Å². The van der Waals surface area contributed by atoms with Crippen LogP contribution < -0.4 is 10.3 Å². The van der Waals surface area contributed by atoms with Crippen molar-refractivity contribution in [3.05, 3.63) is 59.7 Å². The van der Waals surface area contributed by atoms with Gasteiger partial charge >= 0.3 is 5.97 Å². The summed E-state index contributed by atoms with van der Waals surface area (Å²) in [7, 11) is 1.29. The number of rotatable bonds is 4. The Kier molecular flexibility index (Phi) is 5.30. The summed E-state index contributed by atoms with van der Waals surface area (Å²) in [5.74, 6) is -1.17. The number of methoxy groups -OCH3 is 1. The molecular weight excluding hydrogens is 346 g/mol. The Morgan fingerprint density at radius 1 is 1.07 bits per heavy atom. The second-order valence-electron chi connectivity index (χ2n) is 6.03. The van der Waals surface area contributed by atoms with Gasteiger partial charge in [-0.15, -0.1) is 0 Å². The van der Waals surface area contributed by atoms with E-state index >= 15 is 0 Å². The molecule has 0 bridgehead atoms. The lowest BCUT2D eigenvalue weighted by Gasteiger charge is -2.23. The van der Waals surface area contributed by atoms with Gasteiger partial charge in [0.15, 0.2) is 0 Å². The van der Waals surface area contributed by atoms with Crippen LogP contribution in [-0.2, 0) is 14.3 Å². The molecule has 0 unspecified atom stereocenters. The highest BCUT2D eigenvalue weighted by Gasteiger charge is 2.26. The molecule has 2 aromatic rings. The van der Waals surface area contributed by atoms with Crippen LogP contribution in [-0.4, -0.2) is 30.6 Å². The molecule has 1 aliphatic rings. The molecule has 138 valence electrons. The smallest absolute Gasteiger partial charge is 0.340 e. The maximum Gasteiger partial charge on any atom is 0.340 e. The van der Waals surface area contributed by atoms with Crippen molar-refractivity contribution in [3.63, 3.8) is 0 Å². The molecule has 0 atom stereocenters. The average molecular weight is 365 g/mol.